The number of anilines is 1. The van der Waals surface area contributed by atoms with Crippen LogP contribution in [0.25, 0.3) is 0 Å². The number of benzene rings is 2. The van der Waals surface area contributed by atoms with Crippen molar-refractivity contribution in [3.8, 4) is 11.5 Å². The maximum atomic E-state index is 13.1. The van der Waals surface area contributed by atoms with E-state index in [0.29, 0.717) is 41.5 Å². The van der Waals surface area contributed by atoms with Crippen molar-refractivity contribution in [2.45, 2.75) is 19.9 Å². The first-order valence-corrected chi connectivity index (χ1v) is 12.3. The fourth-order valence-electron chi connectivity index (χ4n) is 4.61. The average molecular weight is 495 g/mol. The van der Waals surface area contributed by atoms with Gasteiger partial charge in [-0.15, -0.1) is 0 Å². The van der Waals surface area contributed by atoms with Crippen LogP contribution in [0.1, 0.15) is 25.5 Å². The third kappa shape index (κ3) is 5.73. The van der Waals surface area contributed by atoms with Crippen molar-refractivity contribution in [2.75, 3.05) is 57.9 Å². The maximum absolute atomic E-state index is 13.1. The molecule has 2 heterocycles. The lowest BCUT2D eigenvalue weighted by Gasteiger charge is -2.38. The van der Waals surface area contributed by atoms with E-state index in [1.54, 1.807) is 26.2 Å². The second-order valence-corrected chi connectivity index (χ2v) is 8.59. The van der Waals surface area contributed by atoms with Crippen molar-refractivity contribution in [2.24, 2.45) is 0 Å². The van der Waals surface area contributed by atoms with Gasteiger partial charge in [-0.1, -0.05) is 24.3 Å². The van der Waals surface area contributed by atoms with Crippen LogP contribution in [0.15, 0.2) is 59.8 Å². The van der Waals surface area contributed by atoms with E-state index in [-0.39, 0.29) is 12.6 Å². The van der Waals surface area contributed by atoms with E-state index in [4.69, 9.17) is 14.2 Å². The molecule has 2 amide bonds. The standard InChI is InChI=1S/C27H34N4O5/c1-4-35-22-12-11-19(17-23(22)34-3)25-24(26(32)36-5-2)21(28-27(33)29-25)18-30-13-15-31(16-14-30)20-9-7-6-8-10-20/h6-12,17,25H,4-5,13-16,18H2,1-3H3,(H2,28,29,33)/t25-/m0/s1. The Kier molecular flexibility index (Phi) is 8.32. The molecule has 0 radical (unpaired) electrons. The number of carbonyl (C=O) groups is 2. The quantitative estimate of drug-likeness (QED) is 0.518. The molecule has 1 saturated heterocycles. The number of hydrogen-bond donors (Lipinski definition) is 2. The number of para-hydroxylation sites is 1. The molecule has 192 valence electrons. The summed E-state index contributed by atoms with van der Waals surface area (Å²) in [6, 6.07) is 14.7. The van der Waals surface area contributed by atoms with Crippen LogP contribution >= 0.6 is 0 Å². The highest BCUT2D eigenvalue weighted by Gasteiger charge is 2.35. The highest BCUT2D eigenvalue weighted by Crippen LogP contribution is 2.35. The number of esters is 1. The topological polar surface area (TPSA) is 92.4 Å². The highest BCUT2D eigenvalue weighted by atomic mass is 16.5. The molecule has 4 rings (SSSR count). The van der Waals surface area contributed by atoms with Gasteiger partial charge in [0.2, 0.25) is 0 Å². The van der Waals surface area contributed by atoms with Gasteiger partial charge in [0, 0.05) is 44.1 Å². The molecule has 0 aliphatic carbocycles. The fourth-order valence-corrected chi connectivity index (χ4v) is 4.61. The number of nitrogens with one attached hydrogen (secondary N) is 2. The molecule has 9 heteroatoms. The van der Waals surface area contributed by atoms with E-state index in [0.717, 1.165) is 26.2 Å². The Hall–Kier alpha value is -3.72. The third-order valence-electron chi connectivity index (χ3n) is 6.35. The van der Waals surface area contributed by atoms with Crippen molar-refractivity contribution in [1.29, 1.82) is 0 Å². The zero-order chi connectivity index (χ0) is 25.5. The largest absolute Gasteiger partial charge is 0.493 e. The number of nitrogens with zero attached hydrogens (tertiary/aromatic N) is 2. The average Bonchev–Trinajstić information content (AvgIpc) is 2.90. The molecule has 2 aliphatic rings. The summed E-state index contributed by atoms with van der Waals surface area (Å²) < 4.78 is 16.5. The van der Waals surface area contributed by atoms with Crippen LogP contribution in [0.4, 0.5) is 10.5 Å². The lowest BCUT2D eigenvalue weighted by Crippen LogP contribution is -2.51. The molecule has 1 atom stereocenters. The number of rotatable bonds is 9. The van der Waals surface area contributed by atoms with Gasteiger partial charge in [-0.2, -0.15) is 0 Å². The van der Waals surface area contributed by atoms with Crippen molar-refractivity contribution in [1.82, 2.24) is 15.5 Å². The van der Waals surface area contributed by atoms with Crippen LogP contribution in [0.3, 0.4) is 0 Å². The third-order valence-corrected chi connectivity index (χ3v) is 6.35. The van der Waals surface area contributed by atoms with Gasteiger partial charge in [-0.3, -0.25) is 4.90 Å². The van der Waals surface area contributed by atoms with E-state index in [1.807, 2.05) is 31.2 Å². The predicted molar refractivity (Wildman–Crippen MR) is 137 cm³/mol. The highest BCUT2D eigenvalue weighted by molar-refractivity contribution is 5.95. The summed E-state index contributed by atoms with van der Waals surface area (Å²) in [7, 11) is 1.56. The smallest absolute Gasteiger partial charge is 0.338 e. The summed E-state index contributed by atoms with van der Waals surface area (Å²) in [5, 5.41) is 5.76. The van der Waals surface area contributed by atoms with E-state index >= 15 is 0 Å². The summed E-state index contributed by atoms with van der Waals surface area (Å²) in [5.74, 6) is 0.673. The number of urea groups is 1. The molecule has 1 fully saturated rings. The van der Waals surface area contributed by atoms with Crippen LogP contribution in [0.5, 0.6) is 11.5 Å². The second-order valence-electron chi connectivity index (χ2n) is 8.59. The first-order chi connectivity index (χ1) is 17.5. The van der Waals surface area contributed by atoms with Crippen LogP contribution in [-0.2, 0) is 9.53 Å². The molecule has 2 aliphatic heterocycles. The van der Waals surface area contributed by atoms with E-state index in [9.17, 15) is 9.59 Å². The van der Waals surface area contributed by atoms with Gasteiger partial charge in [0.1, 0.15) is 0 Å². The molecule has 0 aromatic heterocycles. The van der Waals surface area contributed by atoms with E-state index in [1.165, 1.54) is 5.69 Å². The monoisotopic (exact) mass is 494 g/mol. The Morgan fingerprint density at radius 1 is 1.00 bits per heavy atom. The first kappa shape index (κ1) is 25.4. The minimum Gasteiger partial charge on any atom is -0.493 e. The molecule has 9 nitrogen and oxygen atoms in total. The van der Waals surface area contributed by atoms with Crippen LogP contribution in [0.2, 0.25) is 0 Å². The Bertz CT molecular complexity index is 1100. The fraction of sp³-hybridized carbons (Fsp3) is 0.407. The summed E-state index contributed by atoms with van der Waals surface area (Å²) >= 11 is 0. The van der Waals surface area contributed by atoms with Gasteiger partial charge in [0.15, 0.2) is 11.5 Å². The molecule has 2 aromatic rings. The molecule has 2 aromatic carbocycles. The van der Waals surface area contributed by atoms with E-state index in [2.05, 4.69) is 32.6 Å². The number of amides is 2. The zero-order valence-corrected chi connectivity index (χ0v) is 21.1. The molecular weight excluding hydrogens is 460 g/mol. The predicted octanol–water partition coefficient (Wildman–Crippen LogP) is 3.09. The number of hydrogen-bond acceptors (Lipinski definition) is 7. The Morgan fingerprint density at radius 2 is 1.75 bits per heavy atom. The van der Waals surface area contributed by atoms with Gasteiger partial charge in [-0.25, -0.2) is 9.59 Å². The maximum Gasteiger partial charge on any atom is 0.338 e. The van der Waals surface area contributed by atoms with Gasteiger partial charge < -0.3 is 29.7 Å². The van der Waals surface area contributed by atoms with Crippen molar-refractivity contribution in [3.05, 3.63) is 65.4 Å². The van der Waals surface area contributed by atoms with Crippen LogP contribution in [0, 0.1) is 0 Å². The van der Waals surface area contributed by atoms with Crippen molar-refractivity contribution < 1.29 is 23.8 Å². The summed E-state index contributed by atoms with van der Waals surface area (Å²) in [5.41, 5.74) is 2.86. The number of methoxy groups -OCH3 is 1. The summed E-state index contributed by atoms with van der Waals surface area (Å²) in [6.45, 7) is 8.16. The molecule has 0 unspecified atom stereocenters. The Labute approximate surface area is 212 Å². The Balaban J connectivity index is 1.60. The van der Waals surface area contributed by atoms with Gasteiger partial charge in [-0.05, 0) is 43.7 Å². The normalized spacial score (nSPS) is 18.4. The van der Waals surface area contributed by atoms with Gasteiger partial charge in [0.25, 0.3) is 0 Å². The second kappa shape index (κ2) is 11.8. The summed E-state index contributed by atoms with van der Waals surface area (Å²) in [6.07, 6.45) is 0. The molecular formula is C27H34N4O5. The molecule has 0 bridgehead atoms. The minimum atomic E-state index is -0.678. The Morgan fingerprint density at radius 3 is 2.42 bits per heavy atom. The molecule has 0 spiro atoms. The van der Waals surface area contributed by atoms with Crippen molar-refractivity contribution >= 4 is 17.7 Å². The van der Waals surface area contributed by atoms with Gasteiger partial charge in [0.05, 0.1) is 31.9 Å². The van der Waals surface area contributed by atoms with Crippen LogP contribution in [-0.4, -0.2) is 69.9 Å². The molecule has 36 heavy (non-hydrogen) atoms. The lowest BCUT2D eigenvalue weighted by atomic mass is 9.94. The zero-order valence-electron chi connectivity index (χ0n) is 21.1. The van der Waals surface area contributed by atoms with Crippen molar-refractivity contribution in [3.63, 3.8) is 0 Å². The molecule has 0 saturated carbocycles. The summed E-state index contributed by atoms with van der Waals surface area (Å²) in [4.78, 5) is 30.4. The minimum absolute atomic E-state index is 0.235. The molecule has 2 N–H and O–H groups in total. The SMILES string of the molecule is CCOC(=O)C1=C(CN2CCN(c3ccccc3)CC2)NC(=O)N[C@H]1c1ccc(OCC)c(OC)c1. The number of carbonyl (C=O) groups excluding carboxylic acids is 2. The first-order valence-electron chi connectivity index (χ1n) is 12.3. The van der Waals surface area contributed by atoms with Crippen LogP contribution < -0.4 is 25.0 Å². The number of ether oxygens (including phenoxy) is 3. The van der Waals surface area contributed by atoms with Gasteiger partial charge >= 0.3 is 12.0 Å². The lowest BCUT2D eigenvalue weighted by molar-refractivity contribution is -0.139. The van der Waals surface area contributed by atoms with E-state index < -0.39 is 12.0 Å². The number of piperazine rings is 1.